The molecule has 0 saturated carbocycles. The zero-order valence-corrected chi connectivity index (χ0v) is 12.1. The first-order valence-corrected chi connectivity index (χ1v) is 6.87. The molecule has 1 aliphatic heterocycles. The highest BCUT2D eigenvalue weighted by Crippen LogP contribution is 2.29. The standard InChI is InChI=1S/C14H25N3O/c1-5-14(6-2,11-15)13(18)17(4)12-8-7-9-16(3)10-12/h12H,5-10H2,1-4H3. The molecule has 1 aliphatic rings. The lowest BCUT2D eigenvalue weighted by molar-refractivity contribution is -0.141. The molecule has 102 valence electrons. The van der Waals surface area contributed by atoms with Crippen molar-refractivity contribution in [2.45, 2.75) is 45.6 Å². The Hall–Kier alpha value is -1.08. The molecule has 18 heavy (non-hydrogen) atoms. The van der Waals surface area contributed by atoms with Crippen LogP contribution in [0.5, 0.6) is 0 Å². The van der Waals surface area contributed by atoms with Crippen molar-refractivity contribution < 1.29 is 4.79 Å². The monoisotopic (exact) mass is 251 g/mol. The lowest BCUT2D eigenvalue weighted by atomic mass is 9.82. The molecule has 0 aliphatic carbocycles. The minimum atomic E-state index is -0.829. The van der Waals surface area contributed by atoms with E-state index in [1.807, 2.05) is 25.8 Å². The van der Waals surface area contributed by atoms with Crippen LogP contribution in [0.25, 0.3) is 0 Å². The summed E-state index contributed by atoms with van der Waals surface area (Å²) in [6.45, 7) is 5.86. The molecule has 1 rings (SSSR count). The van der Waals surface area contributed by atoms with Crippen molar-refractivity contribution in [1.82, 2.24) is 9.80 Å². The number of likely N-dealkylation sites (tertiary alicyclic amines) is 1. The van der Waals surface area contributed by atoms with E-state index >= 15 is 0 Å². The molecule has 4 heteroatoms. The molecule has 0 aromatic heterocycles. The molecule has 1 saturated heterocycles. The van der Waals surface area contributed by atoms with Gasteiger partial charge in [-0.1, -0.05) is 13.8 Å². The fourth-order valence-electron chi connectivity index (χ4n) is 2.72. The van der Waals surface area contributed by atoms with Gasteiger partial charge in [-0.25, -0.2) is 0 Å². The van der Waals surface area contributed by atoms with E-state index in [0.717, 1.165) is 25.9 Å². The number of carbonyl (C=O) groups excluding carboxylic acids is 1. The van der Waals surface area contributed by atoms with E-state index in [-0.39, 0.29) is 11.9 Å². The maximum atomic E-state index is 12.5. The quantitative estimate of drug-likeness (QED) is 0.766. The minimum Gasteiger partial charge on any atom is -0.340 e. The Morgan fingerprint density at radius 2 is 2.11 bits per heavy atom. The highest BCUT2D eigenvalue weighted by atomic mass is 16.2. The lowest BCUT2D eigenvalue weighted by Crippen LogP contribution is -2.51. The average molecular weight is 251 g/mol. The van der Waals surface area contributed by atoms with Crippen molar-refractivity contribution in [3.63, 3.8) is 0 Å². The summed E-state index contributed by atoms with van der Waals surface area (Å²) in [5.41, 5.74) is -0.829. The molecule has 0 spiro atoms. The minimum absolute atomic E-state index is 0.00435. The van der Waals surface area contributed by atoms with Crippen LogP contribution in [-0.2, 0) is 4.79 Å². The molecular weight excluding hydrogens is 226 g/mol. The van der Waals surface area contributed by atoms with Crippen molar-refractivity contribution in [2.75, 3.05) is 27.2 Å². The number of carbonyl (C=O) groups is 1. The van der Waals surface area contributed by atoms with E-state index in [4.69, 9.17) is 0 Å². The van der Waals surface area contributed by atoms with Gasteiger partial charge in [0.2, 0.25) is 5.91 Å². The lowest BCUT2D eigenvalue weighted by Gasteiger charge is -2.39. The molecule has 1 fully saturated rings. The van der Waals surface area contributed by atoms with Crippen LogP contribution in [0.15, 0.2) is 0 Å². The summed E-state index contributed by atoms with van der Waals surface area (Å²) in [5.74, 6) is -0.00435. The smallest absolute Gasteiger partial charge is 0.243 e. The summed E-state index contributed by atoms with van der Waals surface area (Å²) < 4.78 is 0. The molecule has 0 aromatic rings. The van der Waals surface area contributed by atoms with Crippen LogP contribution >= 0.6 is 0 Å². The first kappa shape index (κ1) is 15.0. The van der Waals surface area contributed by atoms with E-state index in [1.165, 1.54) is 0 Å². The van der Waals surface area contributed by atoms with Gasteiger partial charge in [0.15, 0.2) is 0 Å². The van der Waals surface area contributed by atoms with Crippen LogP contribution in [0.2, 0.25) is 0 Å². The number of nitrogens with zero attached hydrogens (tertiary/aromatic N) is 3. The van der Waals surface area contributed by atoms with Gasteiger partial charge < -0.3 is 9.80 Å². The average Bonchev–Trinajstić information content (AvgIpc) is 2.40. The topological polar surface area (TPSA) is 47.3 Å². The fourth-order valence-corrected chi connectivity index (χ4v) is 2.72. The summed E-state index contributed by atoms with van der Waals surface area (Å²) >= 11 is 0. The number of hydrogen-bond donors (Lipinski definition) is 0. The van der Waals surface area contributed by atoms with Crippen LogP contribution in [0.3, 0.4) is 0 Å². The molecule has 1 amide bonds. The van der Waals surface area contributed by atoms with Crippen molar-refractivity contribution in [2.24, 2.45) is 5.41 Å². The van der Waals surface area contributed by atoms with Gasteiger partial charge in [0.1, 0.15) is 5.41 Å². The van der Waals surface area contributed by atoms with E-state index < -0.39 is 5.41 Å². The predicted molar refractivity (Wildman–Crippen MR) is 71.9 cm³/mol. The summed E-state index contributed by atoms with van der Waals surface area (Å²) in [6.07, 6.45) is 3.34. The predicted octanol–water partition coefficient (Wildman–Crippen LogP) is 1.87. The van der Waals surface area contributed by atoms with Gasteiger partial charge in [-0.15, -0.1) is 0 Å². The largest absolute Gasteiger partial charge is 0.340 e. The maximum absolute atomic E-state index is 12.5. The Morgan fingerprint density at radius 1 is 1.50 bits per heavy atom. The Kier molecular flexibility index (Phi) is 5.15. The molecule has 0 radical (unpaired) electrons. The molecular formula is C14H25N3O. The zero-order chi connectivity index (χ0) is 13.8. The van der Waals surface area contributed by atoms with Gasteiger partial charge in [0, 0.05) is 19.6 Å². The van der Waals surface area contributed by atoms with Crippen LogP contribution < -0.4 is 0 Å². The van der Waals surface area contributed by atoms with Crippen molar-refractivity contribution in [3.8, 4) is 6.07 Å². The normalized spacial score (nSPS) is 21.4. The first-order valence-electron chi connectivity index (χ1n) is 6.87. The molecule has 1 unspecified atom stereocenters. The number of rotatable bonds is 4. The van der Waals surface area contributed by atoms with Gasteiger partial charge in [-0.2, -0.15) is 5.26 Å². The highest BCUT2D eigenvalue weighted by Gasteiger charge is 2.39. The third-order valence-corrected chi connectivity index (χ3v) is 4.30. The van der Waals surface area contributed by atoms with Crippen molar-refractivity contribution in [1.29, 1.82) is 5.26 Å². The third-order valence-electron chi connectivity index (χ3n) is 4.30. The second-order valence-electron chi connectivity index (χ2n) is 5.38. The van der Waals surface area contributed by atoms with E-state index in [0.29, 0.717) is 12.8 Å². The Balaban J connectivity index is 2.79. The molecule has 1 atom stereocenters. The van der Waals surface area contributed by atoms with Gasteiger partial charge in [0.05, 0.1) is 6.07 Å². The second kappa shape index (κ2) is 6.19. The van der Waals surface area contributed by atoms with E-state index in [2.05, 4.69) is 18.0 Å². The van der Waals surface area contributed by atoms with Gasteiger partial charge in [-0.3, -0.25) is 4.79 Å². The van der Waals surface area contributed by atoms with Crippen LogP contribution in [0.1, 0.15) is 39.5 Å². The summed E-state index contributed by atoms with van der Waals surface area (Å²) in [4.78, 5) is 16.6. The van der Waals surface area contributed by atoms with Crippen molar-refractivity contribution in [3.05, 3.63) is 0 Å². The number of likely N-dealkylation sites (N-methyl/N-ethyl adjacent to an activating group) is 2. The van der Waals surface area contributed by atoms with E-state index in [9.17, 15) is 10.1 Å². The van der Waals surface area contributed by atoms with Gasteiger partial charge >= 0.3 is 0 Å². The Labute approximate surface area is 111 Å². The van der Waals surface area contributed by atoms with Gasteiger partial charge in [-0.05, 0) is 39.3 Å². The number of piperidine rings is 1. The van der Waals surface area contributed by atoms with Crippen molar-refractivity contribution >= 4 is 5.91 Å². The molecule has 0 N–H and O–H groups in total. The molecule has 1 heterocycles. The SMILES string of the molecule is CCC(C#N)(CC)C(=O)N(C)C1CCCN(C)C1. The number of nitriles is 1. The number of hydrogen-bond acceptors (Lipinski definition) is 3. The highest BCUT2D eigenvalue weighted by molar-refractivity contribution is 5.85. The van der Waals surface area contributed by atoms with Crippen LogP contribution in [0, 0.1) is 16.7 Å². The molecule has 4 nitrogen and oxygen atoms in total. The Morgan fingerprint density at radius 3 is 2.56 bits per heavy atom. The Bertz CT molecular complexity index is 330. The third kappa shape index (κ3) is 2.84. The zero-order valence-electron chi connectivity index (χ0n) is 12.1. The number of amides is 1. The summed E-state index contributed by atoms with van der Waals surface area (Å²) in [6, 6.07) is 2.49. The van der Waals surface area contributed by atoms with Gasteiger partial charge in [0.25, 0.3) is 0 Å². The van der Waals surface area contributed by atoms with Crippen LogP contribution in [-0.4, -0.2) is 48.9 Å². The fraction of sp³-hybridized carbons (Fsp3) is 0.857. The maximum Gasteiger partial charge on any atom is 0.243 e. The molecule has 0 aromatic carbocycles. The summed E-state index contributed by atoms with van der Waals surface area (Å²) in [5, 5.41) is 9.34. The van der Waals surface area contributed by atoms with E-state index in [1.54, 1.807) is 0 Å². The second-order valence-corrected chi connectivity index (χ2v) is 5.38. The van der Waals surface area contributed by atoms with Crippen LogP contribution in [0.4, 0.5) is 0 Å². The molecule has 0 bridgehead atoms. The first-order chi connectivity index (χ1) is 8.50. The summed E-state index contributed by atoms with van der Waals surface area (Å²) in [7, 11) is 3.94.